The highest BCUT2D eigenvalue weighted by atomic mass is 32.2. The number of rotatable bonds is 11. The Hall–Kier alpha value is -4.43. The van der Waals surface area contributed by atoms with E-state index in [0.717, 1.165) is 32.1 Å². The predicted molar refractivity (Wildman–Crippen MR) is 180 cm³/mol. The number of hydrogen-bond donors (Lipinski definition) is 1. The molecule has 4 aromatic rings. The maximum Gasteiger partial charge on any atom is 0.264 e. The molecule has 0 radical (unpaired) electrons. The molecule has 0 aromatic heterocycles. The molecular weight excluding hydrogens is 582 g/mol. The van der Waals surface area contributed by atoms with Gasteiger partial charge < -0.3 is 10.2 Å². The number of anilines is 1. The maximum absolute atomic E-state index is 14.6. The zero-order chi connectivity index (χ0) is 32.8. The van der Waals surface area contributed by atoms with Crippen LogP contribution in [-0.4, -0.2) is 43.3 Å². The summed E-state index contributed by atoms with van der Waals surface area (Å²) >= 11 is 0. The average molecular weight is 626 g/mol. The van der Waals surface area contributed by atoms with Crippen molar-refractivity contribution in [3.05, 3.63) is 131 Å². The minimum Gasteiger partial charge on any atom is -0.350 e. The molecule has 1 unspecified atom stereocenters. The Morgan fingerprint density at radius 3 is 2.04 bits per heavy atom. The van der Waals surface area contributed by atoms with Gasteiger partial charge in [0.05, 0.1) is 10.6 Å². The standard InChI is InChI=1S/C37H43N3O4S/c1-27-19-21-33(22-20-27)45(43,44)40(32-18-12-13-28(2)23-32)26-35(41)39(25-31-17-11-10-14-29(31)3)34(36(42)38-37(4,5)6)24-30-15-8-7-9-16-30/h7-23,34H,24-26H2,1-6H3,(H,38,42). The molecule has 0 aliphatic heterocycles. The second kappa shape index (κ2) is 14.1. The van der Waals surface area contributed by atoms with Gasteiger partial charge in [-0.2, -0.15) is 0 Å². The predicted octanol–water partition coefficient (Wildman–Crippen LogP) is 6.36. The molecule has 0 spiro atoms. The number of nitrogens with one attached hydrogen (secondary N) is 1. The Labute approximate surface area is 268 Å². The van der Waals surface area contributed by atoms with Crippen LogP contribution in [0.2, 0.25) is 0 Å². The van der Waals surface area contributed by atoms with Crippen molar-refractivity contribution < 1.29 is 18.0 Å². The molecule has 0 aliphatic carbocycles. The van der Waals surface area contributed by atoms with E-state index in [1.54, 1.807) is 42.5 Å². The van der Waals surface area contributed by atoms with Gasteiger partial charge in [-0.25, -0.2) is 8.42 Å². The van der Waals surface area contributed by atoms with Gasteiger partial charge in [0.1, 0.15) is 12.6 Å². The van der Waals surface area contributed by atoms with Crippen LogP contribution in [0.5, 0.6) is 0 Å². The number of aryl methyl sites for hydroxylation is 3. The SMILES string of the molecule is Cc1ccc(S(=O)(=O)N(CC(=O)N(Cc2ccccc2C)C(Cc2ccccc2)C(=O)NC(C)(C)C)c2cccc(C)c2)cc1. The summed E-state index contributed by atoms with van der Waals surface area (Å²) < 4.78 is 29.5. The van der Waals surface area contributed by atoms with Crippen LogP contribution in [0.25, 0.3) is 0 Å². The third-order valence-corrected chi connectivity index (χ3v) is 9.34. The normalized spacial score (nSPS) is 12.3. The summed E-state index contributed by atoms with van der Waals surface area (Å²) in [6.07, 6.45) is 0.259. The summed E-state index contributed by atoms with van der Waals surface area (Å²) in [5.41, 5.74) is 4.32. The molecule has 0 saturated carbocycles. The van der Waals surface area contributed by atoms with Crippen LogP contribution in [0.4, 0.5) is 5.69 Å². The number of sulfonamides is 1. The van der Waals surface area contributed by atoms with Crippen LogP contribution in [0, 0.1) is 20.8 Å². The first-order chi connectivity index (χ1) is 21.2. The molecule has 236 valence electrons. The summed E-state index contributed by atoms with van der Waals surface area (Å²) in [4.78, 5) is 30.2. The maximum atomic E-state index is 14.6. The molecule has 1 atom stereocenters. The van der Waals surface area contributed by atoms with E-state index in [1.165, 1.54) is 4.90 Å². The minimum atomic E-state index is -4.15. The Morgan fingerprint density at radius 2 is 1.42 bits per heavy atom. The van der Waals surface area contributed by atoms with E-state index in [1.807, 2.05) is 102 Å². The van der Waals surface area contributed by atoms with Crippen LogP contribution in [-0.2, 0) is 32.6 Å². The summed E-state index contributed by atoms with van der Waals surface area (Å²) in [5, 5.41) is 3.06. The number of hydrogen-bond acceptors (Lipinski definition) is 4. The van der Waals surface area contributed by atoms with Crippen molar-refractivity contribution in [2.45, 2.75) is 71.0 Å². The Bertz CT molecular complexity index is 1730. The molecule has 1 N–H and O–H groups in total. The first-order valence-electron chi connectivity index (χ1n) is 15.1. The highest BCUT2D eigenvalue weighted by Crippen LogP contribution is 2.26. The Balaban J connectivity index is 1.83. The molecule has 4 aromatic carbocycles. The van der Waals surface area contributed by atoms with Crippen molar-refractivity contribution in [3.63, 3.8) is 0 Å². The van der Waals surface area contributed by atoms with E-state index in [9.17, 15) is 18.0 Å². The lowest BCUT2D eigenvalue weighted by atomic mass is 10.00. The van der Waals surface area contributed by atoms with Crippen LogP contribution in [0.1, 0.15) is 48.6 Å². The lowest BCUT2D eigenvalue weighted by Gasteiger charge is -2.35. The van der Waals surface area contributed by atoms with Crippen molar-refractivity contribution in [2.24, 2.45) is 0 Å². The van der Waals surface area contributed by atoms with Crippen molar-refractivity contribution >= 4 is 27.5 Å². The topological polar surface area (TPSA) is 86.8 Å². The molecule has 0 bridgehead atoms. The fourth-order valence-electron chi connectivity index (χ4n) is 5.13. The fourth-order valence-corrected chi connectivity index (χ4v) is 6.53. The zero-order valence-corrected chi connectivity index (χ0v) is 27.8. The fraction of sp³-hybridized carbons (Fsp3) is 0.297. The van der Waals surface area contributed by atoms with Crippen molar-refractivity contribution in [2.75, 3.05) is 10.8 Å². The molecule has 0 fully saturated rings. The summed E-state index contributed by atoms with van der Waals surface area (Å²) in [5.74, 6) is -0.794. The van der Waals surface area contributed by atoms with Crippen LogP contribution in [0.3, 0.4) is 0 Å². The van der Waals surface area contributed by atoms with Gasteiger partial charge in [-0.05, 0) is 88.1 Å². The molecule has 7 nitrogen and oxygen atoms in total. The molecule has 0 aliphatic rings. The average Bonchev–Trinajstić information content (AvgIpc) is 2.98. The summed E-state index contributed by atoms with van der Waals surface area (Å²) in [6, 6.07) is 30.0. The van der Waals surface area contributed by atoms with E-state index in [2.05, 4.69) is 5.32 Å². The summed E-state index contributed by atoms with van der Waals surface area (Å²) in [7, 11) is -4.15. The second-order valence-electron chi connectivity index (χ2n) is 12.6. The van der Waals surface area contributed by atoms with E-state index < -0.39 is 34.1 Å². The van der Waals surface area contributed by atoms with E-state index in [-0.39, 0.29) is 23.8 Å². The van der Waals surface area contributed by atoms with Gasteiger partial charge in [-0.1, -0.05) is 84.4 Å². The monoisotopic (exact) mass is 625 g/mol. The first kappa shape index (κ1) is 33.5. The highest BCUT2D eigenvalue weighted by Gasteiger charge is 2.35. The molecule has 0 heterocycles. The van der Waals surface area contributed by atoms with Crippen LogP contribution >= 0.6 is 0 Å². The van der Waals surface area contributed by atoms with E-state index >= 15 is 0 Å². The Morgan fingerprint density at radius 1 is 0.778 bits per heavy atom. The molecule has 4 rings (SSSR count). The molecular formula is C37H43N3O4S. The van der Waals surface area contributed by atoms with Crippen molar-refractivity contribution in [1.82, 2.24) is 10.2 Å². The second-order valence-corrected chi connectivity index (χ2v) is 14.4. The molecule has 2 amide bonds. The van der Waals surface area contributed by atoms with Gasteiger partial charge in [0, 0.05) is 18.5 Å². The molecule has 8 heteroatoms. The minimum absolute atomic E-state index is 0.0826. The van der Waals surface area contributed by atoms with Gasteiger partial charge in [0.2, 0.25) is 11.8 Å². The van der Waals surface area contributed by atoms with E-state index in [4.69, 9.17) is 0 Å². The number of carbonyl (C=O) groups excluding carboxylic acids is 2. The smallest absolute Gasteiger partial charge is 0.264 e. The lowest BCUT2D eigenvalue weighted by Crippen LogP contribution is -2.56. The van der Waals surface area contributed by atoms with Crippen LogP contribution < -0.4 is 9.62 Å². The van der Waals surface area contributed by atoms with Gasteiger partial charge in [0.25, 0.3) is 10.0 Å². The highest BCUT2D eigenvalue weighted by molar-refractivity contribution is 7.92. The van der Waals surface area contributed by atoms with Gasteiger partial charge in [-0.15, -0.1) is 0 Å². The quantitative estimate of drug-likeness (QED) is 0.210. The van der Waals surface area contributed by atoms with Crippen LogP contribution in [0.15, 0.2) is 108 Å². The largest absolute Gasteiger partial charge is 0.350 e. The van der Waals surface area contributed by atoms with Gasteiger partial charge in [-0.3, -0.25) is 13.9 Å². The van der Waals surface area contributed by atoms with Crippen molar-refractivity contribution in [1.29, 1.82) is 0 Å². The summed E-state index contributed by atoms with van der Waals surface area (Å²) in [6.45, 7) is 11.0. The number of benzene rings is 4. The third-order valence-electron chi connectivity index (χ3n) is 7.55. The first-order valence-corrected chi connectivity index (χ1v) is 16.5. The third kappa shape index (κ3) is 8.82. The van der Waals surface area contributed by atoms with Gasteiger partial charge in [0.15, 0.2) is 0 Å². The molecule has 0 saturated heterocycles. The van der Waals surface area contributed by atoms with Crippen molar-refractivity contribution in [3.8, 4) is 0 Å². The number of carbonyl (C=O) groups is 2. The number of nitrogens with zero attached hydrogens (tertiary/aromatic N) is 2. The van der Waals surface area contributed by atoms with Gasteiger partial charge >= 0.3 is 0 Å². The Kier molecular flexibility index (Phi) is 10.5. The molecule has 45 heavy (non-hydrogen) atoms. The van der Waals surface area contributed by atoms with E-state index in [0.29, 0.717) is 5.69 Å². The zero-order valence-electron chi connectivity index (χ0n) is 26.9. The number of amides is 2. The lowest BCUT2D eigenvalue weighted by molar-refractivity contribution is -0.140.